The molecular weight excluding hydrogens is 338 g/mol. The molecule has 0 spiro atoms. The van der Waals surface area contributed by atoms with Crippen molar-refractivity contribution in [2.45, 2.75) is 25.3 Å². The van der Waals surface area contributed by atoms with Crippen molar-refractivity contribution in [3.05, 3.63) is 59.2 Å². The van der Waals surface area contributed by atoms with Crippen LogP contribution >= 0.6 is 0 Å². The van der Waals surface area contributed by atoms with E-state index < -0.39 is 0 Å². The first-order valence-corrected chi connectivity index (χ1v) is 9.68. The van der Waals surface area contributed by atoms with Gasteiger partial charge in [0.05, 0.1) is 0 Å². The molecule has 5 rings (SSSR count). The highest BCUT2D eigenvalue weighted by Gasteiger charge is 2.29. The third kappa shape index (κ3) is 3.10. The van der Waals surface area contributed by atoms with Gasteiger partial charge in [0.15, 0.2) is 0 Å². The van der Waals surface area contributed by atoms with Gasteiger partial charge < -0.3 is 4.90 Å². The number of amides is 1. The Hall–Kier alpha value is -2.73. The molecule has 0 unspecified atom stereocenters. The van der Waals surface area contributed by atoms with Crippen LogP contribution in [0.15, 0.2) is 42.5 Å². The van der Waals surface area contributed by atoms with Crippen molar-refractivity contribution in [2.24, 2.45) is 0 Å². The Labute approximate surface area is 158 Å². The quantitative estimate of drug-likeness (QED) is 0.760. The van der Waals surface area contributed by atoms with E-state index in [1.807, 2.05) is 23.1 Å². The number of fused-ring (bicyclic) bond motifs is 2. The van der Waals surface area contributed by atoms with E-state index in [9.17, 15) is 4.79 Å². The number of aromatic amines is 1. The lowest BCUT2D eigenvalue weighted by Gasteiger charge is -2.41. The summed E-state index contributed by atoms with van der Waals surface area (Å²) < 4.78 is 0. The summed E-state index contributed by atoms with van der Waals surface area (Å²) in [5.41, 5.74) is 5.21. The van der Waals surface area contributed by atoms with Crippen molar-refractivity contribution in [1.29, 1.82) is 0 Å². The van der Waals surface area contributed by atoms with Crippen LogP contribution in [0.4, 0.5) is 0 Å². The second-order valence-corrected chi connectivity index (χ2v) is 7.52. The number of hydrogen-bond acceptors (Lipinski definition) is 4. The summed E-state index contributed by atoms with van der Waals surface area (Å²) in [5.74, 6) is 0.0912. The molecule has 6 heteroatoms. The number of hydrogen-bond donors (Lipinski definition) is 1. The van der Waals surface area contributed by atoms with E-state index in [1.54, 1.807) is 0 Å². The van der Waals surface area contributed by atoms with Crippen LogP contribution in [0.2, 0.25) is 0 Å². The fraction of sp³-hybridized carbons (Fsp3) is 0.381. The molecule has 1 atom stereocenters. The molecule has 138 valence electrons. The molecule has 1 saturated heterocycles. The van der Waals surface area contributed by atoms with Crippen LogP contribution in [0.5, 0.6) is 0 Å². The molecule has 2 heterocycles. The van der Waals surface area contributed by atoms with E-state index in [0.717, 1.165) is 50.1 Å². The van der Waals surface area contributed by atoms with Crippen molar-refractivity contribution < 1.29 is 4.79 Å². The number of nitrogens with one attached hydrogen (secondary N) is 1. The zero-order valence-corrected chi connectivity index (χ0v) is 15.3. The number of carbonyl (C=O) groups excluding carboxylic acids is 1. The minimum atomic E-state index is 0.0912. The summed E-state index contributed by atoms with van der Waals surface area (Å²) in [5, 5.41) is 10.7. The molecule has 1 aromatic heterocycles. The maximum Gasteiger partial charge on any atom is 0.254 e. The average Bonchev–Trinajstić information content (AvgIpc) is 3.21. The normalized spacial score (nSPS) is 20.6. The third-order valence-electron chi connectivity index (χ3n) is 6.00. The standard InChI is InChI=1S/C21H23N5O/c27-21(17-6-8-19-20(14-17)23-24-22-19)26-11-9-25(10-12-26)18-7-5-15-3-1-2-4-16(15)13-18/h1-4,6,8,14,18H,5,7,9-13H2,(H,22,23,24)/t18-/m0/s1. The van der Waals surface area contributed by atoms with Crippen LogP contribution < -0.4 is 0 Å². The minimum Gasteiger partial charge on any atom is -0.336 e. The average molecular weight is 361 g/mol. The van der Waals surface area contributed by atoms with Crippen molar-refractivity contribution >= 4 is 16.9 Å². The summed E-state index contributed by atoms with van der Waals surface area (Å²) in [7, 11) is 0. The Morgan fingerprint density at radius 3 is 2.59 bits per heavy atom. The molecule has 1 amide bonds. The van der Waals surface area contributed by atoms with E-state index in [1.165, 1.54) is 17.5 Å². The smallest absolute Gasteiger partial charge is 0.254 e. The van der Waals surface area contributed by atoms with E-state index in [4.69, 9.17) is 0 Å². The Bertz CT molecular complexity index is 973. The lowest BCUT2D eigenvalue weighted by molar-refractivity contribution is 0.0553. The Morgan fingerprint density at radius 2 is 1.74 bits per heavy atom. The molecule has 0 radical (unpaired) electrons. The fourth-order valence-electron chi connectivity index (χ4n) is 4.44. The van der Waals surface area contributed by atoms with Gasteiger partial charge in [-0.05, 0) is 48.6 Å². The Balaban J connectivity index is 1.23. The van der Waals surface area contributed by atoms with Crippen molar-refractivity contribution in [2.75, 3.05) is 26.2 Å². The van der Waals surface area contributed by atoms with E-state index >= 15 is 0 Å². The molecular formula is C21H23N5O. The molecule has 0 bridgehead atoms. The van der Waals surface area contributed by atoms with Gasteiger partial charge in [0, 0.05) is 37.8 Å². The van der Waals surface area contributed by atoms with E-state index in [2.05, 4.69) is 44.6 Å². The van der Waals surface area contributed by atoms with Crippen LogP contribution in [0.1, 0.15) is 27.9 Å². The molecule has 0 saturated carbocycles. The minimum absolute atomic E-state index is 0.0912. The first kappa shape index (κ1) is 16.4. The number of nitrogens with zero attached hydrogens (tertiary/aromatic N) is 4. The first-order valence-electron chi connectivity index (χ1n) is 9.68. The van der Waals surface area contributed by atoms with Crippen molar-refractivity contribution in [3.63, 3.8) is 0 Å². The third-order valence-corrected chi connectivity index (χ3v) is 6.00. The van der Waals surface area contributed by atoms with Gasteiger partial charge in [0.25, 0.3) is 5.91 Å². The number of aromatic nitrogens is 3. The molecule has 1 aliphatic carbocycles. The van der Waals surface area contributed by atoms with Gasteiger partial charge in [-0.25, -0.2) is 0 Å². The summed E-state index contributed by atoms with van der Waals surface area (Å²) in [6.45, 7) is 3.47. The number of H-pyrrole nitrogens is 1. The zero-order chi connectivity index (χ0) is 18.2. The second kappa shape index (κ2) is 6.78. The molecule has 2 aliphatic rings. The topological polar surface area (TPSA) is 65.1 Å². The molecule has 1 fully saturated rings. The molecule has 27 heavy (non-hydrogen) atoms. The van der Waals surface area contributed by atoms with Gasteiger partial charge in [-0.1, -0.05) is 24.3 Å². The molecule has 1 N–H and O–H groups in total. The van der Waals surface area contributed by atoms with Crippen LogP contribution in [-0.4, -0.2) is 63.3 Å². The highest BCUT2D eigenvalue weighted by atomic mass is 16.2. The molecule has 2 aromatic carbocycles. The molecule has 3 aromatic rings. The summed E-state index contributed by atoms with van der Waals surface area (Å²) >= 11 is 0. The zero-order valence-electron chi connectivity index (χ0n) is 15.3. The van der Waals surface area contributed by atoms with Crippen LogP contribution in [0.25, 0.3) is 11.0 Å². The van der Waals surface area contributed by atoms with Gasteiger partial charge in [0.2, 0.25) is 0 Å². The van der Waals surface area contributed by atoms with Gasteiger partial charge >= 0.3 is 0 Å². The van der Waals surface area contributed by atoms with E-state index in [-0.39, 0.29) is 5.91 Å². The van der Waals surface area contributed by atoms with Crippen LogP contribution in [0, 0.1) is 0 Å². The Morgan fingerprint density at radius 1 is 0.963 bits per heavy atom. The lowest BCUT2D eigenvalue weighted by atomic mass is 9.87. The Kier molecular flexibility index (Phi) is 4.13. The monoisotopic (exact) mass is 361 g/mol. The number of piperazine rings is 1. The summed E-state index contributed by atoms with van der Waals surface area (Å²) in [6.07, 6.45) is 3.51. The van der Waals surface area contributed by atoms with Crippen LogP contribution in [0.3, 0.4) is 0 Å². The van der Waals surface area contributed by atoms with E-state index in [0.29, 0.717) is 11.6 Å². The molecule has 6 nitrogen and oxygen atoms in total. The SMILES string of the molecule is O=C(c1ccc2n[nH]nc2c1)N1CCN([C@H]2CCc3ccccc3C2)CC1. The van der Waals surface area contributed by atoms with Crippen molar-refractivity contribution in [3.8, 4) is 0 Å². The first-order chi connectivity index (χ1) is 13.3. The number of benzene rings is 2. The lowest BCUT2D eigenvalue weighted by Crippen LogP contribution is -2.53. The highest BCUT2D eigenvalue weighted by molar-refractivity contribution is 5.97. The van der Waals surface area contributed by atoms with Gasteiger partial charge in [0.1, 0.15) is 11.0 Å². The number of carbonyl (C=O) groups is 1. The van der Waals surface area contributed by atoms with Gasteiger partial charge in [-0.2, -0.15) is 15.4 Å². The van der Waals surface area contributed by atoms with Gasteiger partial charge in [-0.15, -0.1) is 0 Å². The maximum absolute atomic E-state index is 12.9. The predicted molar refractivity (Wildman–Crippen MR) is 104 cm³/mol. The molecule has 1 aliphatic heterocycles. The largest absolute Gasteiger partial charge is 0.336 e. The fourth-order valence-corrected chi connectivity index (χ4v) is 4.44. The number of aryl methyl sites for hydroxylation is 1. The maximum atomic E-state index is 12.9. The second-order valence-electron chi connectivity index (χ2n) is 7.52. The number of rotatable bonds is 2. The van der Waals surface area contributed by atoms with Gasteiger partial charge in [-0.3, -0.25) is 9.69 Å². The summed E-state index contributed by atoms with van der Waals surface area (Å²) in [6, 6.07) is 14.9. The van der Waals surface area contributed by atoms with Crippen molar-refractivity contribution in [1.82, 2.24) is 25.2 Å². The highest BCUT2D eigenvalue weighted by Crippen LogP contribution is 2.25. The van der Waals surface area contributed by atoms with Crippen LogP contribution in [-0.2, 0) is 12.8 Å². The summed E-state index contributed by atoms with van der Waals surface area (Å²) in [4.78, 5) is 17.4. The predicted octanol–water partition coefficient (Wildman–Crippen LogP) is 2.27.